The van der Waals surface area contributed by atoms with Gasteiger partial charge in [-0.15, -0.1) is 0 Å². The lowest BCUT2D eigenvalue weighted by Crippen LogP contribution is -2.68. The average molecular weight is 626 g/mol. The molecule has 0 aromatic heterocycles. The largest absolute Gasteiger partial charge is 0.481 e. The summed E-state index contributed by atoms with van der Waals surface area (Å²) in [5.74, 6) is 1.05. The third-order valence-electron chi connectivity index (χ3n) is 15.3. The minimum Gasteiger partial charge on any atom is -0.481 e. The summed E-state index contributed by atoms with van der Waals surface area (Å²) in [4.78, 5) is 11.6. The normalized spacial score (nSPS) is 42.9. The van der Waals surface area contributed by atoms with Crippen LogP contribution in [-0.2, 0) is 4.79 Å². The van der Waals surface area contributed by atoms with E-state index in [4.69, 9.17) is 0 Å². The Bertz CT molecular complexity index is 1210. The monoisotopic (exact) mass is 625 g/mol. The van der Waals surface area contributed by atoms with Crippen molar-refractivity contribution in [1.29, 1.82) is 0 Å². The Morgan fingerprint density at radius 2 is 1.80 bits per heavy atom. The number of aliphatic hydroxyl groups is 1. The van der Waals surface area contributed by atoms with E-state index in [-0.39, 0.29) is 40.2 Å². The molecule has 0 aromatic carbocycles. The van der Waals surface area contributed by atoms with Gasteiger partial charge in [0, 0.05) is 12.1 Å². The fourth-order valence-corrected chi connectivity index (χ4v) is 13.0. The number of fused-ring (bicyclic) bond motifs is 7. The Labute approximate surface area is 273 Å². The Kier molecular flexibility index (Phi) is 9.71. The summed E-state index contributed by atoms with van der Waals surface area (Å²) in [6, 6.07) is 0. The first-order valence-corrected chi connectivity index (χ1v) is 18.4. The highest BCUT2D eigenvalue weighted by Gasteiger charge is 2.70. The molecule has 0 aliphatic heterocycles. The van der Waals surface area contributed by atoms with E-state index in [1.807, 2.05) is 0 Å². The van der Waals surface area contributed by atoms with Gasteiger partial charge >= 0.3 is 5.97 Å². The van der Waals surface area contributed by atoms with E-state index in [0.29, 0.717) is 36.1 Å². The van der Waals surface area contributed by atoms with Crippen LogP contribution in [0.15, 0.2) is 35.5 Å². The summed E-state index contributed by atoms with van der Waals surface area (Å²) in [6.45, 7) is 21.9. The third-order valence-corrected chi connectivity index (χ3v) is 15.3. The molecule has 3 N–H and O–H groups in total. The molecular weight excluding hydrogens is 561 g/mol. The summed E-state index contributed by atoms with van der Waals surface area (Å²) in [5.41, 5.74) is 4.86. The van der Waals surface area contributed by atoms with E-state index < -0.39 is 18.6 Å². The molecule has 0 spiro atoms. The van der Waals surface area contributed by atoms with Crippen molar-refractivity contribution in [3.05, 3.63) is 35.5 Å². The van der Waals surface area contributed by atoms with E-state index in [9.17, 15) is 19.4 Å². The lowest BCUT2D eigenvalue weighted by Gasteiger charge is -2.72. The van der Waals surface area contributed by atoms with Crippen molar-refractivity contribution < 1.29 is 19.4 Å². The van der Waals surface area contributed by atoms with Crippen LogP contribution in [0.4, 0.5) is 4.39 Å². The zero-order chi connectivity index (χ0) is 33.0. The van der Waals surface area contributed by atoms with Crippen molar-refractivity contribution >= 4 is 5.97 Å². The number of hydrogen-bond donors (Lipinski definition) is 3. The Balaban J connectivity index is 1.49. The molecule has 0 bridgehead atoms. The van der Waals surface area contributed by atoms with Gasteiger partial charge in [-0.1, -0.05) is 72.3 Å². The van der Waals surface area contributed by atoms with Gasteiger partial charge in [-0.25, -0.2) is 0 Å². The van der Waals surface area contributed by atoms with Crippen LogP contribution in [0, 0.1) is 57.2 Å². The van der Waals surface area contributed by atoms with Crippen LogP contribution in [0.3, 0.4) is 0 Å². The number of rotatable bonds is 11. The maximum absolute atomic E-state index is 13.5. The molecule has 0 saturated heterocycles. The van der Waals surface area contributed by atoms with Crippen LogP contribution in [0.5, 0.6) is 0 Å². The van der Waals surface area contributed by atoms with Gasteiger partial charge in [0.05, 0.1) is 12.5 Å². The zero-order valence-electron chi connectivity index (χ0n) is 29.6. The van der Waals surface area contributed by atoms with Crippen LogP contribution in [-0.4, -0.2) is 41.5 Å². The Morgan fingerprint density at radius 3 is 2.42 bits per heavy atom. The second-order valence-corrected chi connectivity index (χ2v) is 17.4. The van der Waals surface area contributed by atoms with Crippen LogP contribution in [0.1, 0.15) is 126 Å². The molecule has 10 atom stereocenters. The molecule has 0 amide bonds. The molecule has 0 radical (unpaired) electrons. The molecule has 5 aliphatic rings. The highest BCUT2D eigenvalue weighted by Crippen LogP contribution is 2.76. The third kappa shape index (κ3) is 5.33. The van der Waals surface area contributed by atoms with Gasteiger partial charge in [0.2, 0.25) is 0 Å². The summed E-state index contributed by atoms with van der Waals surface area (Å²) >= 11 is 0. The number of nitrogens with one attached hydrogen (secondary N) is 1. The molecule has 4 saturated carbocycles. The molecular formula is C40H64FNO3. The fraction of sp³-hybridized carbons (Fsp3) is 0.825. The summed E-state index contributed by atoms with van der Waals surface area (Å²) in [7, 11) is 0. The van der Waals surface area contributed by atoms with E-state index in [0.717, 1.165) is 19.3 Å². The number of alkyl halides is 1. The number of carboxylic acid groups (broad SMARTS) is 1. The standard InChI is InChI=1S/C40H64FNO3/c1-9-10-27(11-12-28(25-41)35(44)45)30-16-18-37(6)32(36(30,4)5)17-19-39(8)33(37)14-13-31-34-29(26(2)3)15-20-40(34,42-23-24-43)22-21-38(31,39)7/h11,16,28-29,31-34,42-43H,2,9-10,12-15,17-25H2,1,3-8H3,(H,44,45)/b27-11+/t28-,29-,31+,32-,33+,34+,37-,38+,39+,40-/m0/s1. The zero-order valence-corrected chi connectivity index (χ0v) is 29.6. The second-order valence-electron chi connectivity index (χ2n) is 17.4. The molecule has 4 fully saturated rings. The van der Waals surface area contributed by atoms with Gasteiger partial charge in [-0.2, -0.15) is 0 Å². The number of carbonyl (C=O) groups is 1. The predicted octanol–water partition coefficient (Wildman–Crippen LogP) is 9.30. The lowest BCUT2D eigenvalue weighted by atomic mass is 9.33. The van der Waals surface area contributed by atoms with Crippen molar-refractivity contribution in [2.45, 2.75) is 131 Å². The lowest BCUT2D eigenvalue weighted by molar-refractivity contribution is -0.221. The molecule has 0 aromatic rings. The molecule has 0 heterocycles. The number of aliphatic hydroxyl groups excluding tert-OH is 1. The predicted molar refractivity (Wildman–Crippen MR) is 183 cm³/mol. The van der Waals surface area contributed by atoms with Crippen molar-refractivity contribution in [1.82, 2.24) is 5.32 Å². The van der Waals surface area contributed by atoms with E-state index in [2.05, 4.69) is 72.5 Å². The molecule has 5 heteroatoms. The Morgan fingerprint density at radius 1 is 1.07 bits per heavy atom. The number of hydrogen-bond acceptors (Lipinski definition) is 3. The van der Waals surface area contributed by atoms with Crippen molar-refractivity contribution in [2.75, 3.05) is 19.8 Å². The van der Waals surface area contributed by atoms with Gasteiger partial charge in [-0.05, 0) is 140 Å². The maximum atomic E-state index is 13.5. The highest BCUT2D eigenvalue weighted by atomic mass is 19.1. The van der Waals surface area contributed by atoms with Crippen LogP contribution in [0.2, 0.25) is 0 Å². The average Bonchev–Trinajstić information content (AvgIpc) is 3.36. The second kappa shape index (κ2) is 12.5. The minimum absolute atomic E-state index is 0.0199. The van der Waals surface area contributed by atoms with Crippen LogP contribution >= 0.6 is 0 Å². The number of carboxylic acids is 1. The molecule has 5 aliphatic carbocycles. The smallest absolute Gasteiger partial charge is 0.309 e. The number of β-amino-alcohol motifs (C(OH)–C–C–N with tert-alkyl or cyclic N) is 1. The van der Waals surface area contributed by atoms with Crippen LogP contribution in [0.25, 0.3) is 0 Å². The van der Waals surface area contributed by atoms with Crippen molar-refractivity contribution in [3.8, 4) is 0 Å². The Hall–Kier alpha value is -1.46. The van der Waals surface area contributed by atoms with E-state index in [1.54, 1.807) is 0 Å². The quantitative estimate of drug-likeness (QED) is 0.200. The molecule has 254 valence electrons. The van der Waals surface area contributed by atoms with E-state index in [1.165, 1.54) is 68.1 Å². The SMILES string of the molecule is C=C(C)[C@@H]1CC[C@]2(NCCO)CC[C@]3(C)[C@H](CC[C@@H]4[C@@]5(C)CC=C(/C(=C/C[C@@H](CF)C(=O)O)CCC)C(C)(C)[C@@H]5CC[C@]43C)[C@@H]12. The molecule has 0 unspecified atom stereocenters. The topological polar surface area (TPSA) is 69.6 Å². The van der Waals surface area contributed by atoms with Gasteiger partial charge in [0.25, 0.3) is 0 Å². The highest BCUT2D eigenvalue weighted by molar-refractivity contribution is 5.70. The van der Waals surface area contributed by atoms with Gasteiger partial charge in [0.1, 0.15) is 6.67 Å². The molecule has 5 rings (SSSR count). The number of aliphatic carboxylic acids is 1. The summed E-state index contributed by atoms with van der Waals surface area (Å²) in [6.07, 6.45) is 17.8. The summed E-state index contributed by atoms with van der Waals surface area (Å²) in [5, 5.41) is 23.2. The minimum atomic E-state index is -1.04. The number of halogens is 1. The fourth-order valence-electron chi connectivity index (χ4n) is 13.0. The van der Waals surface area contributed by atoms with Crippen molar-refractivity contribution in [2.24, 2.45) is 57.2 Å². The van der Waals surface area contributed by atoms with E-state index >= 15 is 0 Å². The summed E-state index contributed by atoms with van der Waals surface area (Å²) < 4.78 is 13.5. The van der Waals surface area contributed by atoms with Crippen molar-refractivity contribution in [3.63, 3.8) is 0 Å². The van der Waals surface area contributed by atoms with Gasteiger partial charge in [0.15, 0.2) is 0 Å². The molecule has 4 nitrogen and oxygen atoms in total. The van der Waals surface area contributed by atoms with Gasteiger partial charge in [-0.3, -0.25) is 9.18 Å². The first kappa shape index (κ1) is 34.9. The van der Waals surface area contributed by atoms with Gasteiger partial charge < -0.3 is 15.5 Å². The number of allylic oxidation sites excluding steroid dienone is 5. The molecule has 45 heavy (non-hydrogen) atoms. The first-order valence-electron chi connectivity index (χ1n) is 18.4. The van der Waals surface area contributed by atoms with Crippen LogP contribution < -0.4 is 5.32 Å². The first-order chi connectivity index (χ1) is 21.2. The maximum Gasteiger partial charge on any atom is 0.309 e.